The van der Waals surface area contributed by atoms with E-state index < -0.39 is 0 Å². The summed E-state index contributed by atoms with van der Waals surface area (Å²) in [5, 5.41) is 12.7. The second kappa shape index (κ2) is 14.0. The Labute approximate surface area is 248 Å². The number of thioether (sulfide) groups is 1. The molecule has 4 aromatic rings. The van der Waals surface area contributed by atoms with Gasteiger partial charge in [-0.3, -0.25) is 4.79 Å². The second-order valence-electron chi connectivity index (χ2n) is 8.64. The van der Waals surface area contributed by atoms with E-state index in [1.54, 1.807) is 32.4 Å². The summed E-state index contributed by atoms with van der Waals surface area (Å²) in [5.41, 5.74) is 4.02. The third kappa shape index (κ3) is 7.20. The predicted molar refractivity (Wildman–Crippen MR) is 162 cm³/mol. The maximum Gasteiger partial charge on any atom is 0.234 e. The molecule has 3 aromatic carbocycles. The fourth-order valence-electron chi connectivity index (χ4n) is 4.01. The van der Waals surface area contributed by atoms with Gasteiger partial charge in [-0.2, -0.15) is 0 Å². The summed E-state index contributed by atoms with van der Waals surface area (Å²) in [6.07, 6.45) is 0. The molecule has 0 radical (unpaired) electrons. The van der Waals surface area contributed by atoms with E-state index in [2.05, 4.69) is 15.5 Å². The van der Waals surface area contributed by atoms with Crippen molar-refractivity contribution >= 4 is 35.0 Å². The summed E-state index contributed by atoms with van der Waals surface area (Å²) in [6, 6.07) is 16.5. The second-order valence-corrected chi connectivity index (χ2v) is 9.99. The normalized spacial score (nSPS) is 10.7. The van der Waals surface area contributed by atoms with Crippen LogP contribution >= 0.6 is 23.4 Å². The van der Waals surface area contributed by atoms with Gasteiger partial charge in [-0.1, -0.05) is 29.4 Å². The lowest BCUT2D eigenvalue weighted by Gasteiger charge is -2.14. The Hall–Kier alpha value is -4.02. The average Bonchev–Trinajstić information content (AvgIpc) is 2.99. The first-order chi connectivity index (χ1) is 19.9. The predicted octanol–water partition coefficient (Wildman–Crippen LogP) is 6.71. The van der Waals surface area contributed by atoms with E-state index in [4.69, 9.17) is 35.5 Å². The van der Waals surface area contributed by atoms with Gasteiger partial charge in [0.05, 0.1) is 33.2 Å². The van der Waals surface area contributed by atoms with Crippen molar-refractivity contribution in [2.45, 2.75) is 25.9 Å². The summed E-state index contributed by atoms with van der Waals surface area (Å²) in [6.45, 7) is 6.67. The van der Waals surface area contributed by atoms with Crippen molar-refractivity contribution in [3.8, 4) is 45.5 Å². The van der Waals surface area contributed by atoms with Crippen LogP contribution in [-0.4, -0.2) is 54.3 Å². The fourth-order valence-corrected chi connectivity index (χ4v) is 4.77. The first-order valence-corrected chi connectivity index (χ1v) is 14.3. The number of halogens is 1. The van der Waals surface area contributed by atoms with Gasteiger partial charge in [0.1, 0.15) is 11.4 Å². The Morgan fingerprint density at radius 3 is 2.05 bits per heavy atom. The zero-order valence-electron chi connectivity index (χ0n) is 23.5. The molecule has 214 valence electrons. The monoisotopic (exact) mass is 594 g/mol. The summed E-state index contributed by atoms with van der Waals surface area (Å²) in [7, 11) is 3.17. The number of methoxy groups -OCH3 is 2. The molecule has 0 saturated carbocycles. The van der Waals surface area contributed by atoms with Crippen LogP contribution < -0.4 is 24.3 Å². The number of amides is 1. The Morgan fingerprint density at radius 1 is 0.854 bits per heavy atom. The van der Waals surface area contributed by atoms with E-state index in [1.165, 1.54) is 11.8 Å². The first kappa shape index (κ1) is 30.0. The number of nitrogens with one attached hydrogen (secondary N) is 1. The standard InChI is InChI=1S/C30H31ClN4O5S/c1-6-39-23-13-11-19(15-25(23)37-4)28-29(20-12-14-24(40-7-2)26(16-20)38-5)34-35-30(33-28)41-17-27(36)32-22-10-8-9-21(31)18(22)3/h8-16H,6-7,17H2,1-5H3,(H,32,36). The smallest absolute Gasteiger partial charge is 0.234 e. The highest BCUT2D eigenvalue weighted by molar-refractivity contribution is 7.99. The lowest BCUT2D eigenvalue weighted by atomic mass is 10.0. The number of hydrogen-bond donors (Lipinski definition) is 1. The molecule has 0 aliphatic heterocycles. The highest BCUT2D eigenvalue weighted by atomic mass is 35.5. The van der Waals surface area contributed by atoms with Gasteiger partial charge in [-0.25, -0.2) is 4.98 Å². The summed E-state index contributed by atoms with van der Waals surface area (Å²) in [5.74, 6) is 2.23. The molecule has 0 spiro atoms. The summed E-state index contributed by atoms with van der Waals surface area (Å²) < 4.78 is 22.5. The number of rotatable bonds is 12. The number of nitrogens with zero attached hydrogens (tertiary/aromatic N) is 3. The highest BCUT2D eigenvalue weighted by Gasteiger charge is 2.19. The molecule has 0 aliphatic carbocycles. The van der Waals surface area contributed by atoms with Crippen molar-refractivity contribution in [1.82, 2.24) is 15.2 Å². The van der Waals surface area contributed by atoms with Crippen LogP contribution in [0.3, 0.4) is 0 Å². The molecule has 1 amide bonds. The van der Waals surface area contributed by atoms with Crippen molar-refractivity contribution in [3.63, 3.8) is 0 Å². The van der Waals surface area contributed by atoms with E-state index in [9.17, 15) is 4.79 Å². The van der Waals surface area contributed by atoms with E-state index in [0.29, 0.717) is 63.5 Å². The molecule has 0 unspecified atom stereocenters. The SMILES string of the molecule is CCOc1ccc(-c2nnc(SCC(=O)Nc3cccc(Cl)c3C)nc2-c2ccc(OCC)c(OC)c2)cc1OC. The summed E-state index contributed by atoms with van der Waals surface area (Å²) in [4.78, 5) is 17.5. The zero-order valence-corrected chi connectivity index (χ0v) is 25.1. The van der Waals surface area contributed by atoms with Crippen LogP contribution in [0.25, 0.3) is 22.5 Å². The van der Waals surface area contributed by atoms with Gasteiger partial charge >= 0.3 is 0 Å². The molecule has 1 aromatic heterocycles. The molecule has 0 aliphatic rings. The summed E-state index contributed by atoms with van der Waals surface area (Å²) >= 11 is 7.37. The quantitative estimate of drug-likeness (QED) is 0.179. The third-order valence-electron chi connectivity index (χ3n) is 6.02. The number of carbonyl (C=O) groups excluding carboxylic acids is 1. The van der Waals surface area contributed by atoms with Crippen LogP contribution in [0.5, 0.6) is 23.0 Å². The van der Waals surface area contributed by atoms with Crippen LogP contribution in [-0.2, 0) is 4.79 Å². The molecule has 4 rings (SSSR count). The number of hydrogen-bond acceptors (Lipinski definition) is 9. The van der Waals surface area contributed by atoms with Crippen LogP contribution in [0.4, 0.5) is 5.69 Å². The zero-order chi connectivity index (χ0) is 29.4. The molecule has 1 heterocycles. The van der Waals surface area contributed by atoms with E-state index in [1.807, 2.05) is 57.2 Å². The molecular weight excluding hydrogens is 564 g/mol. The largest absolute Gasteiger partial charge is 0.493 e. The molecule has 0 bridgehead atoms. The van der Waals surface area contributed by atoms with Gasteiger partial charge in [0, 0.05) is 21.8 Å². The molecule has 9 nitrogen and oxygen atoms in total. The minimum absolute atomic E-state index is 0.0793. The van der Waals surface area contributed by atoms with E-state index in [0.717, 1.165) is 16.7 Å². The average molecular weight is 595 g/mol. The Morgan fingerprint density at radius 2 is 1.46 bits per heavy atom. The highest BCUT2D eigenvalue weighted by Crippen LogP contribution is 2.38. The fraction of sp³-hybridized carbons (Fsp3) is 0.267. The minimum Gasteiger partial charge on any atom is -0.493 e. The van der Waals surface area contributed by atoms with Gasteiger partial charge in [-0.05, 0) is 74.9 Å². The molecular formula is C30H31ClN4O5S. The topological polar surface area (TPSA) is 105 Å². The van der Waals surface area contributed by atoms with Crippen molar-refractivity contribution in [1.29, 1.82) is 0 Å². The molecule has 41 heavy (non-hydrogen) atoms. The number of ether oxygens (including phenoxy) is 4. The Bertz CT molecular complexity index is 1540. The Balaban J connectivity index is 1.69. The maximum atomic E-state index is 12.7. The van der Waals surface area contributed by atoms with Crippen molar-refractivity contribution in [3.05, 3.63) is 65.2 Å². The van der Waals surface area contributed by atoms with Gasteiger partial charge in [-0.15, -0.1) is 10.2 Å². The lowest BCUT2D eigenvalue weighted by molar-refractivity contribution is -0.113. The number of aromatic nitrogens is 3. The Kier molecular flexibility index (Phi) is 10.3. The number of benzene rings is 3. The molecule has 0 fully saturated rings. The van der Waals surface area contributed by atoms with Crippen molar-refractivity contribution in [2.75, 3.05) is 38.5 Å². The van der Waals surface area contributed by atoms with Gasteiger partial charge in [0.15, 0.2) is 23.0 Å². The number of carbonyl (C=O) groups is 1. The third-order valence-corrected chi connectivity index (χ3v) is 7.26. The van der Waals surface area contributed by atoms with Crippen LogP contribution in [0.2, 0.25) is 5.02 Å². The molecule has 11 heteroatoms. The van der Waals surface area contributed by atoms with Crippen LogP contribution in [0, 0.1) is 6.92 Å². The number of anilines is 1. The first-order valence-electron chi connectivity index (χ1n) is 12.9. The van der Waals surface area contributed by atoms with Gasteiger partial charge in [0.2, 0.25) is 11.1 Å². The minimum atomic E-state index is -0.214. The lowest BCUT2D eigenvalue weighted by Crippen LogP contribution is -2.15. The van der Waals surface area contributed by atoms with Crippen molar-refractivity contribution in [2.24, 2.45) is 0 Å². The van der Waals surface area contributed by atoms with Crippen LogP contribution in [0.15, 0.2) is 59.8 Å². The van der Waals surface area contributed by atoms with Crippen LogP contribution in [0.1, 0.15) is 19.4 Å². The molecule has 0 saturated heterocycles. The van der Waals surface area contributed by atoms with Gasteiger partial charge in [0.25, 0.3) is 0 Å². The van der Waals surface area contributed by atoms with E-state index >= 15 is 0 Å². The maximum absolute atomic E-state index is 12.7. The van der Waals surface area contributed by atoms with Gasteiger partial charge < -0.3 is 24.3 Å². The molecule has 0 atom stereocenters. The van der Waals surface area contributed by atoms with E-state index in [-0.39, 0.29) is 11.7 Å². The molecule has 1 N–H and O–H groups in total. The van der Waals surface area contributed by atoms with Crippen molar-refractivity contribution < 1.29 is 23.7 Å².